The minimum Gasteiger partial charge on any atom is -0.459 e. The Balaban J connectivity index is 1.62. The summed E-state index contributed by atoms with van der Waals surface area (Å²) in [6.07, 6.45) is 2.59. The predicted molar refractivity (Wildman–Crippen MR) is 97.4 cm³/mol. The zero-order chi connectivity index (χ0) is 18.3. The first-order valence-electron chi connectivity index (χ1n) is 8.59. The summed E-state index contributed by atoms with van der Waals surface area (Å²) >= 11 is 1.46. The molecule has 0 bridgehead atoms. The number of fused-ring (bicyclic) bond motifs is 2. The number of nitrogens with one attached hydrogen (secondary N) is 1. The lowest BCUT2D eigenvalue weighted by molar-refractivity contribution is 0.0378. The fourth-order valence-electron chi connectivity index (χ4n) is 3.19. The molecule has 1 N–H and O–H groups in total. The summed E-state index contributed by atoms with van der Waals surface area (Å²) in [5.41, 5.74) is 1.97. The number of ether oxygens (including phenoxy) is 3. The summed E-state index contributed by atoms with van der Waals surface area (Å²) in [5, 5.41) is 3.44. The average molecular weight is 373 g/mol. The van der Waals surface area contributed by atoms with Crippen molar-refractivity contribution in [1.82, 2.24) is 0 Å². The molecule has 1 amide bonds. The number of hydrogen-bond acceptors (Lipinski definition) is 6. The van der Waals surface area contributed by atoms with E-state index in [1.807, 2.05) is 13.8 Å². The van der Waals surface area contributed by atoms with Gasteiger partial charge >= 0.3 is 5.97 Å². The van der Waals surface area contributed by atoms with E-state index in [4.69, 9.17) is 14.2 Å². The summed E-state index contributed by atoms with van der Waals surface area (Å²) in [7, 11) is 0. The first-order chi connectivity index (χ1) is 12.5. The molecule has 0 unspecified atom stereocenters. The van der Waals surface area contributed by atoms with Crippen molar-refractivity contribution in [2.75, 3.05) is 12.1 Å². The number of rotatable bonds is 4. The normalized spacial score (nSPS) is 14.4. The molecule has 2 aromatic rings. The third-order valence-electron chi connectivity index (χ3n) is 4.33. The Morgan fingerprint density at radius 1 is 1.19 bits per heavy atom. The molecule has 0 radical (unpaired) electrons. The van der Waals surface area contributed by atoms with Crippen molar-refractivity contribution in [2.24, 2.45) is 0 Å². The van der Waals surface area contributed by atoms with E-state index in [1.165, 1.54) is 11.3 Å². The van der Waals surface area contributed by atoms with Crippen LogP contribution in [0.1, 0.15) is 51.4 Å². The molecule has 0 saturated heterocycles. The summed E-state index contributed by atoms with van der Waals surface area (Å²) < 4.78 is 16.0. The van der Waals surface area contributed by atoms with Crippen LogP contribution in [0.2, 0.25) is 0 Å². The van der Waals surface area contributed by atoms with Crippen molar-refractivity contribution >= 4 is 28.2 Å². The van der Waals surface area contributed by atoms with Crippen LogP contribution in [-0.2, 0) is 17.6 Å². The van der Waals surface area contributed by atoms with Crippen molar-refractivity contribution < 1.29 is 23.8 Å². The number of esters is 1. The Bertz CT molecular complexity index is 886. The first kappa shape index (κ1) is 16.9. The SMILES string of the molecule is CC(C)OC(=O)c1c(NC(=O)c2ccc3c(c2)OCO3)sc2c1CCC2. The molecule has 1 aliphatic heterocycles. The van der Waals surface area contributed by atoms with Gasteiger partial charge in [-0.05, 0) is 56.9 Å². The molecule has 2 heterocycles. The Kier molecular flexibility index (Phi) is 4.32. The highest BCUT2D eigenvalue weighted by Crippen LogP contribution is 2.40. The lowest BCUT2D eigenvalue weighted by atomic mass is 10.1. The van der Waals surface area contributed by atoms with Crippen LogP contribution in [-0.4, -0.2) is 24.8 Å². The van der Waals surface area contributed by atoms with Gasteiger partial charge in [-0.15, -0.1) is 11.3 Å². The highest BCUT2D eigenvalue weighted by atomic mass is 32.1. The van der Waals surface area contributed by atoms with Gasteiger partial charge in [-0.2, -0.15) is 0 Å². The lowest BCUT2D eigenvalue weighted by Crippen LogP contribution is -2.17. The molecule has 1 aromatic carbocycles. The Hall–Kier alpha value is -2.54. The van der Waals surface area contributed by atoms with Gasteiger partial charge in [0.05, 0.1) is 11.7 Å². The van der Waals surface area contributed by atoms with Crippen LogP contribution in [0.5, 0.6) is 11.5 Å². The van der Waals surface area contributed by atoms with Gasteiger partial charge < -0.3 is 19.5 Å². The molecule has 1 aliphatic carbocycles. The molecular weight excluding hydrogens is 354 g/mol. The maximum Gasteiger partial charge on any atom is 0.341 e. The Morgan fingerprint density at radius 3 is 2.81 bits per heavy atom. The molecule has 1 aromatic heterocycles. The second-order valence-electron chi connectivity index (χ2n) is 6.54. The van der Waals surface area contributed by atoms with Crippen LogP contribution in [0.25, 0.3) is 0 Å². The van der Waals surface area contributed by atoms with Crippen LogP contribution in [0, 0.1) is 0 Å². The zero-order valence-electron chi connectivity index (χ0n) is 14.6. The predicted octanol–water partition coefficient (Wildman–Crippen LogP) is 3.78. The van der Waals surface area contributed by atoms with E-state index >= 15 is 0 Å². The molecule has 0 saturated carbocycles. The number of thiophene rings is 1. The zero-order valence-corrected chi connectivity index (χ0v) is 15.4. The molecular formula is C19H19NO5S. The number of amides is 1. The smallest absolute Gasteiger partial charge is 0.341 e. The van der Waals surface area contributed by atoms with Crippen LogP contribution in [0.4, 0.5) is 5.00 Å². The number of anilines is 1. The van der Waals surface area contributed by atoms with Gasteiger partial charge in [-0.3, -0.25) is 4.79 Å². The topological polar surface area (TPSA) is 73.9 Å². The minimum atomic E-state index is -0.375. The van der Waals surface area contributed by atoms with Gasteiger partial charge in [0.1, 0.15) is 5.00 Å². The molecule has 0 spiro atoms. The van der Waals surface area contributed by atoms with E-state index in [2.05, 4.69) is 5.32 Å². The van der Waals surface area contributed by atoms with Crippen molar-refractivity contribution in [2.45, 2.75) is 39.2 Å². The second-order valence-corrected chi connectivity index (χ2v) is 7.64. The lowest BCUT2D eigenvalue weighted by Gasteiger charge is -2.11. The van der Waals surface area contributed by atoms with E-state index in [9.17, 15) is 9.59 Å². The van der Waals surface area contributed by atoms with Gasteiger partial charge in [-0.1, -0.05) is 0 Å². The molecule has 136 valence electrons. The third-order valence-corrected chi connectivity index (χ3v) is 5.54. The second kappa shape index (κ2) is 6.64. The number of aryl methyl sites for hydroxylation is 1. The van der Waals surface area contributed by atoms with Gasteiger partial charge in [-0.25, -0.2) is 4.79 Å². The maximum absolute atomic E-state index is 12.7. The summed E-state index contributed by atoms with van der Waals surface area (Å²) in [5.74, 6) is 0.505. The van der Waals surface area contributed by atoms with Crippen LogP contribution in [0.3, 0.4) is 0 Å². The summed E-state index contributed by atoms with van der Waals surface area (Å²) in [4.78, 5) is 26.4. The summed E-state index contributed by atoms with van der Waals surface area (Å²) in [6.45, 7) is 3.79. The van der Waals surface area contributed by atoms with Crippen molar-refractivity contribution in [1.29, 1.82) is 0 Å². The molecule has 0 fully saturated rings. The van der Waals surface area contributed by atoms with Crippen molar-refractivity contribution in [3.05, 3.63) is 39.8 Å². The molecule has 0 atom stereocenters. The van der Waals surface area contributed by atoms with E-state index < -0.39 is 0 Å². The minimum absolute atomic E-state index is 0.156. The average Bonchev–Trinajstić information content (AvgIpc) is 3.28. The maximum atomic E-state index is 12.7. The van der Waals surface area contributed by atoms with E-state index in [1.54, 1.807) is 18.2 Å². The molecule has 7 heteroatoms. The van der Waals surface area contributed by atoms with Gasteiger partial charge in [0.2, 0.25) is 6.79 Å². The third kappa shape index (κ3) is 3.03. The van der Waals surface area contributed by atoms with Gasteiger partial charge in [0.15, 0.2) is 11.5 Å². The van der Waals surface area contributed by atoms with E-state index in [-0.39, 0.29) is 24.8 Å². The molecule has 4 rings (SSSR count). The van der Waals surface area contributed by atoms with E-state index in [0.29, 0.717) is 27.6 Å². The number of carbonyl (C=O) groups is 2. The van der Waals surface area contributed by atoms with Crippen molar-refractivity contribution in [3.63, 3.8) is 0 Å². The van der Waals surface area contributed by atoms with Crippen LogP contribution >= 0.6 is 11.3 Å². The Morgan fingerprint density at radius 2 is 2.00 bits per heavy atom. The monoisotopic (exact) mass is 373 g/mol. The standard InChI is InChI=1S/C19H19NO5S/c1-10(2)25-19(22)16-12-4-3-5-15(12)26-18(16)20-17(21)11-6-7-13-14(8-11)24-9-23-13/h6-8,10H,3-5,9H2,1-2H3,(H,20,21). The largest absolute Gasteiger partial charge is 0.459 e. The molecule has 2 aliphatic rings. The molecule has 26 heavy (non-hydrogen) atoms. The molecule has 6 nitrogen and oxygen atoms in total. The fraction of sp³-hybridized carbons (Fsp3) is 0.368. The Labute approximate surface area is 155 Å². The van der Waals surface area contributed by atoms with Crippen LogP contribution in [0.15, 0.2) is 18.2 Å². The highest BCUT2D eigenvalue weighted by Gasteiger charge is 2.29. The highest BCUT2D eigenvalue weighted by molar-refractivity contribution is 7.17. The first-order valence-corrected chi connectivity index (χ1v) is 9.41. The van der Waals surface area contributed by atoms with Crippen molar-refractivity contribution in [3.8, 4) is 11.5 Å². The van der Waals surface area contributed by atoms with Gasteiger partial charge in [0, 0.05) is 10.4 Å². The number of carbonyl (C=O) groups excluding carboxylic acids is 2. The van der Waals surface area contributed by atoms with Gasteiger partial charge in [0.25, 0.3) is 5.91 Å². The summed E-state index contributed by atoms with van der Waals surface area (Å²) in [6, 6.07) is 5.03. The van der Waals surface area contributed by atoms with Crippen LogP contribution < -0.4 is 14.8 Å². The fourth-order valence-corrected chi connectivity index (χ4v) is 4.47. The quantitative estimate of drug-likeness (QED) is 0.826. The van der Waals surface area contributed by atoms with E-state index in [0.717, 1.165) is 29.7 Å². The number of benzene rings is 1. The number of hydrogen-bond donors (Lipinski definition) is 1.